The number of nitrogens with zero attached hydrogens (tertiary/aromatic N) is 2. The molecule has 2 saturated heterocycles. The van der Waals surface area contributed by atoms with Gasteiger partial charge in [0.1, 0.15) is 12.1 Å². The Morgan fingerprint density at radius 3 is 1.29 bits per heavy atom. The predicted molar refractivity (Wildman–Crippen MR) is 207 cm³/mol. The van der Waals surface area contributed by atoms with Gasteiger partial charge in [0.2, 0.25) is 31.9 Å². The van der Waals surface area contributed by atoms with E-state index in [2.05, 4.69) is 10.6 Å². The summed E-state index contributed by atoms with van der Waals surface area (Å²) in [6.45, 7) is 0.129. The van der Waals surface area contributed by atoms with E-state index < -0.39 is 78.9 Å². The number of hydrogen-bond acceptors (Lipinski definition) is 6. The molecule has 4 aromatic carbocycles. The molecule has 308 valence electrons. The van der Waals surface area contributed by atoms with Crippen molar-refractivity contribution in [3.63, 3.8) is 0 Å². The minimum atomic E-state index is -4.63. The fourth-order valence-electron chi connectivity index (χ4n) is 6.93. The zero-order chi connectivity index (χ0) is 41.9. The van der Waals surface area contributed by atoms with E-state index in [1.807, 2.05) is 0 Å². The van der Waals surface area contributed by atoms with Crippen LogP contribution in [0.5, 0.6) is 0 Å². The van der Waals surface area contributed by atoms with Gasteiger partial charge in [0, 0.05) is 24.5 Å². The first-order valence-electron chi connectivity index (χ1n) is 18.1. The van der Waals surface area contributed by atoms with Crippen LogP contribution >= 0.6 is 0 Å². The van der Waals surface area contributed by atoms with Crippen LogP contribution in [-0.2, 0) is 53.5 Å². The molecular weight excluding hydrogens is 811 g/mol. The van der Waals surface area contributed by atoms with Gasteiger partial charge in [-0.15, -0.1) is 0 Å². The minimum Gasteiger partial charge on any atom is -0.325 e. The van der Waals surface area contributed by atoms with Crippen molar-refractivity contribution in [2.24, 2.45) is 0 Å². The van der Waals surface area contributed by atoms with Crippen LogP contribution in [0, 0.1) is 0 Å². The van der Waals surface area contributed by atoms with Gasteiger partial charge in [0.15, 0.2) is 0 Å². The highest BCUT2D eigenvalue weighted by Gasteiger charge is 2.40. The summed E-state index contributed by atoms with van der Waals surface area (Å²) in [6.07, 6.45) is -4.33. The Bertz CT molecular complexity index is 2220. The SMILES string of the molecule is O=C(Nc1ccc(C=Cc2ccc(NC(=O)[C@@H]3CCCN3S(=O)(=O)Cc3cccc(C(F)(F)F)c3)cc2)cc1)[C@@H]1CCCN1S(=O)(=O)Cc1cccc(C(F)(F)F)c1. The molecule has 0 aromatic heterocycles. The van der Waals surface area contributed by atoms with Crippen LogP contribution in [0.3, 0.4) is 0 Å². The fourth-order valence-corrected chi connectivity index (χ4v) is 10.5. The molecule has 2 heterocycles. The standard InChI is InChI=1S/C40H38F6N4O6S2/c41-39(42,43)31-7-1-5-29(23-31)25-57(53,54)49-21-3-9-35(49)37(51)47-33-17-13-27(14-18-33)11-12-28-15-19-34(20-16-28)48-38(52)36-10-4-22-50(36)58(55,56)26-30-6-2-8-32(24-30)40(44,45)46/h1-2,5-8,11-20,23-24,35-36H,3-4,9-10,21-22,25-26H2,(H,47,51)(H,48,52)/t35-,36-/m0/s1. The summed E-state index contributed by atoms with van der Waals surface area (Å²) in [4.78, 5) is 26.3. The van der Waals surface area contributed by atoms with Crippen molar-refractivity contribution >= 4 is 55.4 Å². The average molecular weight is 849 g/mol. The lowest BCUT2D eigenvalue weighted by Gasteiger charge is -2.23. The van der Waals surface area contributed by atoms with Crippen molar-refractivity contribution in [2.75, 3.05) is 23.7 Å². The number of halogens is 6. The second-order valence-electron chi connectivity index (χ2n) is 14.0. The molecule has 2 N–H and O–H groups in total. The molecule has 58 heavy (non-hydrogen) atoms. The lowest BCUT2D eigenvalue weighted by Crippen LogP contribution is -2.43. The molecule has 4 aromatic rings. The molecule has 18 heteroatoms. The molecule has 0 saturated carbocycles. The molecule has 2 atom stereocenters. The van der Waals surface area contributed by atoms with Crippen molar-refractivity contribution in [3.8, 4) is 0 Å². The zero-order valence-corrected chi connectivity index (χ0v) is 32.3. The number of nitrogens with one attached hydrogen (secondary N) is 2. The van der Waals surface area contributed by atoms with Crippen LogP contribution in [0.2, 0.25) is 0 Å². The first-order valence-corrected chi connectivity index (χ1v) is 21.3. The predicted octanol–water partition coefficient (Wildman–Crippen LogP) is 7.76. The second-order valence-corrected chi connectivity index (χ2v) is 17.8. The number of amides is 2. The van der Waals surface area contributed by atoms with Gasteiger partial charge in [-0.3, -0.25) is 9.59 Å². The third kappa shape index (κ3) is 10.5. The summed E-state index contributed by atoms with van der Waals surface area (Å²) in [5, 5.41) is 5.45. The molecule has 0 bridgehead atoms. The summed E-state index contributed by atoms with van der Waals surface area (Å²) in [7, 11) is -8.23. The highest BCUT2D eigenvalue weighted by Crippen LogP contribution is 2.33. The van der Waals surface area contributed by atoms with Gasteiger partial charge < -0.3 is 10.6 Å². The molecule has 6 rings (SSSR count). The highest BCUT2D eigenvalue weighted by atomic mass is 32.2. The Balaban J connectivity index is 1.01. The van der Waals surface area contributed by atoms with Gasteiger partial charge in [0.05, 0.1) is 22.6 Å². The Kier molecular flexibility index (Phi) is 12.5. The van der Waals surface area contributed by atoms with Crippen molar-refractivity contribution < 1.29 is 52.8 Å². The third-order valence-electron chi connectivity index (χ3n) is 9.76. The van der Waals surface area contributed by atoms with Crippen LogP contribution in [0.1, 0.15) is 59.1 Å². The van der Waals surface area contributed by atoms with Crippen LogP contribution in [0.4, 0.5) is 37.7 Å². The number of sulfonamides is 2. The topological polar surface area (TPSA) is 133 Å². The molecule has 10 nitrogen and oxygen atoms in total. The number of rotatable bonds is 12. The van der Waals surface area contributed by atoms with E-state index in [0.29, 0.717) is 24.2 Å². The highest BCUT2D eigenvalue weighted by molar-refractivity contribution is 7.88. The normalized spacial score (nSPS) is 18.4. The lowest BCUT2D eigenvalue weighted by molar-refractivity contribution is -0.138. The van der Waals surface area contributed by atoms with E-state index in [1.165, 1.54) is 12.1 Å². The van der Waals surface area contributed by atoms with Crippen LogP contribution in [0.25, 0.3) is 12.2 Å². The lowest BCUT2D eigenvalue weighted by atomic mass is 10.1. The van der Waals surface area contributed by atoms with Crippen molar-refractivity contribution in [3.05, 3.63) is 130 Å². The quantitative estimate of drug-likeness (QED) is 0.111. The van der Waals surface area contributed by atoms with E-state index in [4.69, 9.17) is 0 Å². The summed E-state index contributed by atoms with van der Waals surface area (Å²) < 4.78 is 134. The van der Waals surface area contributed by atoms with Gasteiger partial charge in [-0.05, 0) is 84.3 Å². The van der Waals surface area contributed by atoms with Crippen LogP contribution in [0.15, 0.2) is 97.1 Å². The summed E-state index contributed by atoms with van der Waals surface area (Å²) in [6, 6.07) is 19.6. The average Bonchev–Trinajstić information content (AvgIpc) is 3.87. The van der Waals surface area contributed by atoms with E-state index in [1.54, 1.807) is 60.7 Å². The van der Waals surface area contributed by atoms with Gasteiger partial charge in [0.25, 0.3) is 0 Å². The van der Waals surface area contributed by atoms with Gasteiger partial charge in [-0.2, -0.15) is 35.0 Å². The Morgan fingerprint density at radius 2 is 0.948 bits per heavy atom. The van der Waals surface area contributed by atoms with Gasteiger partial charge >= 0.3 is 12.4 Å². The monoisotopic (exact) mass is 848 g/mol. The fraction of sp³-hybridized carbons (Fsp3) is 0.300. The summed E-state index contributed by atoms with van der Waals surface area (Å²) >= 11 is 0. The van der Waals surface area contributed by atoms with Crippen molar-refractivity contribution in [1.82, 2.24) is 8.61 Å². The zero-order valence-electron chi connectivity index (χ0n) is 30.6. The molecular formula is C40H38F6N4O6S2. The Morgan fingerprint density at radius 1 is 0.586 bits per heavy atom. The molecule has 0 spiro atoms. The van der Waals surface area contributed by atoms with E-state index in [0.717, 1.165) is 56.1 Å². The molecule has 0 radical (unpaired) electrons. The molecule has 2 aliphatic rings. The number of benzene rings is 4. The summed E-state index contributed by atoms with van der Waals surface area (Å²) in [5.74, 6) is -2.47. The maximum absolute atomic E-state index is 13.2. The van der Waals surface area contributed by atoms with E-state index in [-0.39, 0.29) is 37.1 Å². The maximum Gasteiger partial charge on any atom is 0.416 e. The first-order chi connectivity index (χ1) is 27.3. The maximum atomic E-state index is 13.2. The van der Waals surface area contributed by atoms with Crippen LogP contribution < -0.4 is 10.6 Å². The van der Waals surface area contributed by atoms with Crippen molar-refractivity contribution in [2.45, 2.75) is 61.6 Å². The number of carbonyl (C=O) groups excluding carboxylic acids is 2. The molecule has 2 fully saturated rings. The smallest absolute Gasteiger partial charge is 0.325 e. The van der Waals surface area contributed by atoms with Gasteiger partial charge in [-0.25, -0.2) is 16.8 Å². The minimum absolute atomic E-state index is 0.0344. The largest absolute Gasteiger partial charge is 0.416 e. The molecule has 0 unspecified atom stereocenters. The molecule has 2 aliphatic heterocycles. The van der Waals surface area contributed by atoms with Crippen LogP contribution in [-0.4, -0.2) is 62.4 Å². The number of carbonyl (C=O) groups is 2. The molecule has 0 aliphatic carbocycles. The van der Waals surface area contributed by atoms with E-state index in [9.17, 15) is 52.8 Å². The Labute approximate surface area is 331 Å². The van der Waals surface area contributed by atoms with Crippen molar-refractivity contribution in [1.29, 1.82) is 0 Å². The second kappa shape index (κ2) is 17.1. The summed E-state index contributed by atoms with van der Waals surface area (Å²) in [5.41, 5.74) is 0.353. The van der Waals surface area contributed by atoms with Gasteiger partial charge in [-0.1, -0.05) is 72.8 Å². The molecule has 2 amide bonds. The Hall–Kier alpha value is -5.04. The number of hydrogen-bond donors (Lipinski definition) is 2. The third-order valence-corrected chi connectivity index (χ3v) is 13.5. The number of alkyl halides is 6. The van der Waals surface area contributed by atoms with E-state index >= 15 is 0 Å². The number of anilines is 2. The first kappa shape index (κ1) is 42.6.